The lowest BCUT2D eigenvalue weighted by atomic mass is 10.2. The number of para-hydroxylation sites is 3. The molecule has 0 unspecified atom stereocenters. The second kappa shape index (κ2) is 8.23. The van der Waals surface area contributed by atoms with Crippen LogP contribution in [0.1, 0.15) is 6.92 Å². The van der Waals surface area contributed by atoms with Crippen molar-refractivity contribution in [3.8, 4) is 11.5 Å². The zero-order valence-electron chi connectivity index (χ0n) is 17.8. The Labute approximate surface area is 187 Å². The standard InChI is InChI=1S/C25H20N4O4/c1-2-28-24(31)18-7-3-5-9-20(18)29(25(28)32)15-22(30)26-17-13-11-16(12-14-17)23-27-19-8-4-6-10-21(19)33-23/h3-14H,2,15H2,1H3,(H,26,30). The minimum absolute atomic E-state index is 0.216. The molecule has 0 fully saturated rings. The molecule has 164 valence electrons. The van der Waals surface area contributed by atoms with Crippen LogP contribution in [0.5, 0.6) is 0 Å². The average molecular weight is 440 g/mol. The molecule has 1 amide bonds. The number of hydrogen-bond acceptors (Lipinski definition) is 5. The van der Waals surface area contributed by atoms with Crippen molar-refractivity contribution in [1.82, 2.24) is 14.1 Å². The Morgan fingerprint density at radius 2 is 1.67 bits per heavy atom. The third-order valence-electron chi connectivity index (χ3n) is 5.46. The monoisotopic (exact) mass is 440 g/mol. The van der Waals surface area contributed by atoms with Gasteiger partial charge in [0.2, 0.25) is 11.8 Å². The second-order valence-electron chi connectivity index (χ2n) is 7.55. The van der Waals surface area contributed by atoms with Gasteiger partial charge in [0.15, 0.2) is 5.58 Å². The summed E-state index contributed by atoms with van der Waals surface area (Å²) in [5.74, 6) is 0.118. The van der Waals surface area contributed by atoms with Crippen LogP contribution in [0.15, 0.2) is 86.8 Å². The van der Waals surface area contributed by atoms with E-state index in [4.69, 9.17) is 4.42 Å². The van der Waals surface area contributed by atoms with E-state index in [1.807, 2.05) is 24.3 Å². The Morgan fingerprint density at radius 3 is 2.42 bits per heavy atom. The van der Waals surface area contributed by atoms with Crippen molar-refractivity contribution in [3.63, 3.8) is 0 Å². The maximum atomic E-state index is 12.8. The van der Waals surface area contributed by atoms with E-state index in [-0.39, 0.29) is 24.6 Å². The van der Waals surface area contributed by atoms with Gasteiger partial charge in [-0.1, -0.05) is 24.3 Å². The fraction of sp³-hybridized carbons (Fsp3) is 0.120. The highest BCUT2D eigenvalue weighted by molar-refractivity contribution is 5.92. The molecule has 2 heterocycles. The van der Waals surface area contributed by atoms with E-state index < -0.39 is 5.69 Å². The minimum atomic E-state index is -0.511. The Hall–Kier alpha value is -4.46. The number of fused-ring (bicyclic) bond motifs is 2. The van der Waals surface area contributed by atoms with Crippen molar-refractivity contribution >= 4 is 33.6 Å². The Morgan fingerprint density at radius 1 is 0.939 bits per heavy atom. The zero-order valence-corrected chi connectivity index (χ0v) is 17.8. The summed E-state index contributed by atoms with van der Waals surface area (Å²) in [6, 6.07) is 21.4. The summed E-state index contributed by atoms with van der Waals surface area (Å²) in [6.07, 6.45) is 0. The maximum Gasteiger partial charge on any atom is 0.331 e. The number of rotatable bonds is 5. The van der Waals surface area contributed by atoms with Crippen molar-refractivity contribution in [2.24, 2.45) is 0 Å². The lowest BCUT2D eigenvalue weighted by Gasteiger charge is -2.13. The van der Waals surface area contributed by atoms with Crippen LogP contribution in [0.2, 0.25) is 0 Å². The first-order chi connectivity index (χ1) is 16.0. The van der Waals surface area contributed by atoms with E-state index in [1.165, 1.54) is 4.57 Å². The van der Waals surface area contributed by atoms with E-state index in [9.17, 15) is 14.4 Å². The van der Waals surface area contributed by atoms with Crippen LogP contribution in [-0.2, 0) is 17.9 Å². The molecule has 2 aromatic heterocycles. The topological polar surface area (TPSA) is 99.1 Å². The number of oxazole rings is 1. The number of hydrogen-bond donors (Lipinski definition) is 1. The smallest absolute Gasteiger partial charge is 0.331 e. The van der Waals surface area contributed by atoms with Gasteiger partial charge in [-0.2, -0.15) is 0 Å². The van der Waals surface area contributed by atoms with E-state index in [1.54, 1.807) is 55.5 Å². The molecule has 0 saturated carbocycles. The van der Waals surface area contributed by atoms with Crippen LogP contribution < -0.4 is 16.6 Å². The summed E-state index contributed by atoms with van der Waals surface area (Å²) in [4.78, 5) is 42.6. The highest BCUT2D eigenvalue weighted by atomic mass is 16.3. The summed E-state index contributed by atoms with van der Waals surface area (Å²) < 4.78 is 8.23. The highest BCUT2D eigenvalue weighted by Gasteiger charge is 2.15. The third kappa shape index (κ3) is 3.71. The molecule has 5 rings (SSSR count). The predicted octanol–water partition coefficient (Wildman–Crippen LogP) is 3.63. The lowest BCUT2D eigenvalue weighted by Crippen LogP contribution is -2.41. The molecule has 0 bridgehead atoms. The van der Waals surface area contributed by atoms with Crippen molar-refractivity contribution in [1.29, 1.82) is 0 Å². The van der Waals surface area contributed by atoms with Gasteiger partial charge in [-0.3, -0.25) is 18.7 Å². The van der Waals surface area contributed by atoms with Crippen molar-refractivity contribution in [2.45, 2.75) is 20.0 Å². The van der Waals surface area contributed by atoms with Gasteiger partial charge in [0.1, 0.15) is 12.1 Å². The minimum Gasteiger partial charge on any atom is -0.436 e. The lowest BCUT2D eigenvalue weighted by molar-refractivity contribution is -0.116. The fourth-order valence-electron chi connectivity index (χ4n) is 3.84. The summed E-state index contributed by atoms with van der Waals surface area (Å²) in [7, 11) is 0. The molecule has 8 heteroatoms. The molecular weight excluding hydrogens is 420 g/mol. The van der Waals surface area contributed by atoms with Crippen molar-refractivity contribution < 1.29 is 9.21 Å². The molecule has 0 aliphatic heterocycles. The van der Waals surface area contributed by atoms with Crippen LogP contribution in [0.4, 0.5) is 5.69 Å². The first-order valence-electron chi connectivity index (χ1n) is 10.5. The van der Waals surface area contributed by atoms with Crippen LogP contribution in [0.25, 0.3) is 33.5 Å². The quantitative estimate of drug-likeness (QED) is 0.450. The Kier molecular flexibility index (Phi) is 5.10. The van der Waals surface area contributed by atoms with Gasteiger partial charge < -0.3 is 9.73 Å². The highest BCUT2D eigenvalue weighted by Crippen LogP contribution is 2.25. The van der Waals surface area contributed by atoms with E-state index >= 15 is 0 Å². The largest absolute Gasteiger partial charge is 0.436 e. The number of amides is 1. The van der Waals surface area contributed by atoms with Crippen molar-refractivity contribution in [2.75, 3.05) is 5.32 Å². The molecule has 0 aliphatic carbocycles. The van der Waals surface area contributed by atoms with Crippen LogP contribution in [0, 0.1) is 0 Å². The normalized spacial score (nSPS) is 11.2. The molecule has 1 N–H and O–H groups in total. The van der Waals surface area contributed by atoms with E-state index in [0.717, 1.165) is 15.6 Å². The van der Waals surface area contributed by atoms with Gasteiger partial charge in [-0.05, 0) is 55.5 Å². The second-order valence-corrected chi connectivity index (χ2v) is 7.55. The molecule has 5 aromatic rings. The van der Waals surface area contributed by atoms with Crippen LogP contribution >= 0.6 is 0 Å². The average Bonchev–Trinajstić information content (AvgIpc) is 3.27. The molecule has 0 aliphatic rings. The molecule has 0 radical (unpaired) electrons. The van der Waals surface area contributed by atoms with E-state index in [2.05, 4.69) is 10.3 Å². The molecule has 0 saturated heterocycles. The first-order valence-corrected chi connectivity index (χ1v) is 10.5. The summed E-state index contributed by atoms with van der Waals surface area (Å²) >= 11 is 0. The number of carbonyl (C=O) groups is 1. The molecule has 0 spiro atoms. The van der Waals surface area contributed by atoms with Gasteiger partial charge in [0.05, 0.1) is 10.9 Å². The predicted molar refractivity (Wildman–Crippen MR) is 126 cm³/mol. The van der Waals surface area contributed by atoms with Crippen molar-refractivity contribution in [3.05, 3.63) is 93.6 Å². The fourth-order valence-corrected chi connectivity index (χ4v) is 3.84. The number of nitrogens with zero attached hydrogens (tertiary/aromatic N) is 3. The van der Waals surface area contributed by atoms with Gasteiger partial charge in [-0.25, -0.2) is 9.78 Å². The maximum absolute atomic E-state index is 12.8. The summed E-state index contributed by atoms with van der Waals surface area (Å²) in [5, 5.41) is 3.20. The van der Waals surface area contributed by atoms with Gasteiger partial charge in [0.25, 0.3) is 5.56 Å². The van der Waals surface area contributed by atoms with Gasteiger partial charge in [-0.15, -0.1) is 0 Å². The molecule has 0 atom stereocenters. The molecule has 8 nitrogen and oxygen atoms in total. The Bertz CT molecular complexity index is 1580. The zero-order chi connectivity index (χ0) is 22.9. The third-order valence-corrected chi connectivity index (χ3v) is 5.46. The summed E-state index contributed by atoms with van der Waals surface area (Å²) in [5.41, 5.74) is 2.39. The van der Waals surface area contributed by atoms with Crippen LogP contribution in [0.3, 0.4) is 0 Å². The molecular formula is C25H20N4O4. The number of aromatic nitrogens is 3. The van der Waals surface area contributed by atoms with Gasteiger partial charge >= 0.3 is 5.69 Å². The number of benzene rings is 3. The number of nitrogens with one attached hydrogen (secondary N) is 1. The molecule has 33 heavy (non-hydrogen) atoms. The Balaban J connectivity index is 1.39. The van der Waals surface area contributed by atoms with Gasteiger partial charge in [0, 0.05) is 17.8 Å². The summed E-state index contributed by atoms with van der Waals surface area (Å²) in [6.45, 7) is 1.73. The molecule has 3 aromatic carbocycles. The first kappa shape index (κ1) is 20.4. The SMILES string of the molecule is CCn1c(=O)c2ccccc2n(CC(=O)Nc2ccc(-c3nc4ccccc4o3)cc2)c1=O. The van der Waals surface area contributed by atoms with Crippen LogP contribution in [-0.4, -0.2) is 20.0 Å². The number of anilines is 1. The number of carbonyl (C=O) groups excluding carboxylic acids is 1. The van der Waals surface area contributed by atoms with E-state index in [0.29, 0.717) is 28.1 Å².